The highest BCUT2D eigenvalue weighted by Crippen LogP contribution is 2.07. The van der Waals surface area contributed by atoms with E-state index in [9.17, 15) is 4.79 Å². The van der Waals surface area contributed by atoms with Crippen LogP contribution in [0.2, 0.25) is 0 Å². The van der Waals surface area contributed by atoms with Crippen LogP contribution in [0.25, 0.3) is 0 Å². The van der Waals surface area contributed by atoms with Crippen molar-refractivity contribution in [2.45, 2.75) is 6.54 Å². The SMILES string of the molecule is C=CCNC(=O)N1CCN(Cc2cccnc2)CC1. The topological polar surface area (TPSA) is 48.5 Å². The summed E-state index contributed by atoms with van der Waals surface area (Å²) in [5.74, 6) is 0. The van der Waals surface area contributed by atoms with Gasteiger partial charge in [0.15, 0.2) is 0 Å². The van der Waals surface area contributed by atoms with Crippen molar-refractivity contribution in [2.75, 3.05) is 32.7 Å². The number of amides is 2. The summed E-state index contributed by atoms with van der Waals surface area (Å²) in [6.07, 6.45) is 5.37. The molecule has 1 aromatic heterocycles. The maximum atomic E-state index is 11.8. The van der Waals surface area contributed by atoms with Crippen molar-refractivity contribution in [3.8, 4) is 0 Å². The average molecular weight is 260 g/mol. The summed E-state index contributed by atoms with van der Waals surface area (Å²) in [6.45, 7) is 8.34. The number of hydrogen-bond donors (Lipinski definition) is 1. The predicted octanol–water partition coefficient (Wildman–Crippen LogP) is 1.09. The molecule has 102 valence electrons. The van der Waals surface area contributed by atoms with Crippen molar-refractivity contribution in [3.05, 3.63) is 42.7 Å². The summed E-state index contributed by atoms with van der Waals surface area (Å²) < 4.78 is 0. The van der Waals surface area contributed by atoms with E-state index in [4.69, 9.17) is 0 Å². The van der Waals surface area contributed by atoms with Crippen molar-refractivity contribution >= 4 is 6.03 Å². The third kappa shape index (κ3) is 4.06. The van der Waals surface area contributed by atoms with Gasteiger partial charge in [-0.3, -0.25) is 9.88 Å². The molecule has 0 unspecified atom stereocenters. The van der Waals surface area contributed by atoms with E-state index < -0.39 is 0 Å². The number of pyridine rings is 1. The van der Waals surface area contributed by atoms with Crippen LogP contribution in [-0.2, 0) is 6.54 Å². The number of nitrogens with zero attached hydrogens (tertiary/aromatic N) is 3. The largest absolute Gasteiger partial charge is 0.335 e. The lowest BCUT2D eigenvalue weighted by molar-refractivity contribution is 0.136. The number of piperazine rings is 1. The fourth-order valence-electron chi connectivity index (χ4n) is 2.13. The van der Waals surface area contributed by atoms with Crippen LogP contribution in [0.15, 0.2) is 37.2 Å². The second-order valence-corrected chi connectivity index (χ2v) is 4.60. The van der Waals surface area contributed by atoms with Crippen LogP contribution in [0.1, 0.15) is 5.56 Å². The molecule has 1 saturated heterocycles. The molecule has 1 aromatic rings. The van der Waals surface area contributed by atoms with Gasteiger partial charge in [-0.2, -0.15) is 0 Å². The second-order valence-electron chi connectivity index (χ2n) is 4.60. The Morgan fingerprint density at radius 2 is 2.21 bits per heavy atom. The van der Waals surface area contributed by atoms with Crippen LogP contribution in [0.4, 0.5) is 4.79 Å². The Morgan fingerprint density at radius 1 is 1.42 bits per heavy atom. The van der Waals surface area contributed by atoms with E-state index in [1.807, 2.05) is 17.2 Å². The van der Waals surface area contributed by atoms with E-state index >= 15 is 0 Å². The predicted molar refractivity (Wildman–Crippen MR) is 74.7 cm³/mol. The first-order valence-electron chi connectivity index (χ1n) is 6.54. The lowest BCUT2D eigenvalue weighted by atomic mass is 10.2. The van der Waals surface area contributed by atoms with Gasteiger partial charge >= 0.3 is 6.03 Å². The molecule has 5 heteroatoms. The minimum atomic E-state index is 0.000859. The molecule has 0 saturated carbocycles. The van der Waals surface area contributed by atoms with E-state index in [1.165, 1.54) is 5.56 Å². The Hall–Kier alpha value is -1.88. The van der Waals surface area contributed by atoms with E-state index in [2.05, 4.69) is 27.8 Å². The minimum Gasteiger partial charge on any atom is -0.335 e. The van der Waals surface area contributed by atoms with Crippen molar-refractivity contribution in [1.82, 2.24) is 20.1 Å². The number of carbonyl (C=O) groups is 1. The molecule has 2 heterocycles. The number of hydrogen-bond acceptors (Lipinski definition) is 3. The molecule has 2 amide bonds. The smallest absolute Gasteiger partial charge is 0.317 e. The van der Waals surface area contributed by atoms with Crippen LogP contribution in [0.5, 0.6) is 0 Å². The zero-order chi connectivity index (χ0) is 13.5. The Morgan fingerprint density at radius 3 is 2.84 bits per heavy atom. The van der Waals surface area contributed by atoms with Gasteiger partial charge < -0.3 is 10.2 Å². The molecule has 1 fully saturated rings. The molecule has 0 aromatic carbocycles. The third-order valence-electron chi connectivity index (χ3n) is 3.19. The summed E-state index contributed by atoms with van der Waals surface area (Å²) in [5, 5.41) is 2.81. The Balaban J connectivity index is 1.76. The quantitative estimate of drug-likeness (QED) is 0.825. The highest BCUT2D eigenvalue weighted by Gasteiger charge is 2.20. The first-order chi connectivity index (χ1) is 9.29. The van der Waals surface area contributed by atoms with Gasteiger partial charge in [0.1, 0.15) is 0 Å². The monoisotopic (exact) mass is 260 g/mol. The maximum absolute atomic E-state index is 11.8. The molecule has 19 heavy (non-hydrogen) atoms. The van der Waals surface area contributed by atoms with Gasteiger partial charge in [-0.15, -0.1) is 6.58 Å². The molecule has 5 nitrogen and oxygen atoms in total. The molecule has 0 radical (unpaired) electrons. The fraction of sp³-hybridized carbons (Fsp3) is 0.429. The molecule has 1 aliphatic heterocycles. The number of aromatic nitrogens is 1. The van der Waals surface area contributed by atoms with Crippen molar-refractivity contribution < 1.29 is 4.79 Å². The van der Waals surface area contributed by atoms with Crippen LogP contribution >= 0.6 is 0 Å². The summed E-state index contributed by atoms with van der Waals surface area (Å²) in [5.41, 5.74) is 1.21. The summed E-state index contributed by atoms with van der Waals surface area (Å²) >= 11 is 0. The third-order valence-corrected chi connectivity index (χ3v) is 3.19. The summed E-state index contributed by atoms with van der Waals surface area (Å²) in [6, 6.07) is 4.03. The van der Waals surface area contributed by atoms with Gasteiger partial charge in [0, 0.05) is 51.7 Å². The molecule has 0 bridgehead atoms. The second kappa shape index (κ2) is 6.89. The van der Waals surface area contributed by atoms with Gasteiger partial charge in [-0.05, 0) is 11.6 Å². The normalized spacial score (nSPS) is 16.1. The van der Waals surface area contributed by atoms with Crippen molar-refractivity contribution in [1.29, 1.82) is 0 Å². The number of nitrogens with one attached hydrogen (secondary N) is 1. The molecule has 0 aliphatic carbocycles. The average Bonchev–Trinajstić information content (AvgIpc) is 2.46. The van der Waals surface area contributed by atoms with Crippen LogP contribution in [-0.4, -0.2) is 53.5 Å². The first kappa shape index (κ1) is 13.5. The van der Waals surface area contributed by atoms with Gasteiger partial charge in [-0.25, -0.2) is 4.79 Å². The number of carbonyl (C=O) groups excluding carboxylic acids is 1. The lowest BCUT2D eigenvalue weighted by Gasteiger charge is -2.34. The molecule has 0 atom stereocenters. The van der Waals surface area contributed by atoms with Crippen LogP contribution in [0.3, 0.4) is 0 Å². The highest BCUT2D eigenvalue weighted by molar-refractivity contribution is 5.74. The summed E-state index contributed by atoms with van der Waals surface area (Å²) in [4.78, 5) is 20.1. The van der Waals surface area contributed by atoms with E-state index in [0.29, 0.717) is 6.54 Å². The molecule has 1 aliphatic rings. The Bertz CT molecular complexity index is 413. The van der Waals surface area contributed by atoms with E-state index in [1.54, 1.807) is 12.3 Å². The fourth-order valence-corrected chi connectivity index (χ4v) is 2.13. The highest BCUT2D eigenvalue weighted by atomic mass is 16.2. The maximum Gasteiger partial charge on any atom is 0.317 e. The lowest BCUT2D eigenvalue weighted by Crippen LogP contribution is -2.51. The first-order valence-corrected chi connectivity index (χ1v) is 6.54. The Labute approximate surface area is 113 Å². The van der Waals surface area contributed by atoms with Crippen LogP contribution in [0, 0.1) is 0 Å². The molecule has 0 spiro atoms. The van der Waals surface area contributed by atoms with Crippen molar-refractivity contribution in [3.63, 3.8) is 0 Å². The molecular formula is C14H20N4O. The molecule has 2 rings (SSSR count). The van der Waals surface area contributed by atoms with E-state index in [0.717, 1.165) is 32.7 Å². The van der Waals surface area contributed by atoms with Crippen molar-refractivity contribution in [2.24, 2.45) is 0 Å². The zero-order valence-electron chi connectivity index (χ0n) is 11.1. The number of rotatable bonds is 4. The minimum absolute atomic E-state index is 0.000859. The summed E-state index contributed by atoms with van der Waals surface area (Å²) in [7, 11) is 0. The van der Waals surface area contributed by atoms with Gasteiger partial charge in [-0.1, -0.05) is 12.1 Å². The zero-order valence-corrected chi connectivity index (χ0v) is 11.1. The van der Waals surface area contributed by atoms with Gasteiger partial charge in [0.25, 0.3) is 0 Å². The van der Waals surface area contributed by atoms with Crippen LogP contribution < -0.4 is 5.32 Å². The Kier molecular flexibility index (Phi) is 4.92. The number of urea groups is 1. The molecular weight excluding hydrogens is 240 g/mol. The van der Waals surface area contributed by atoms with E-state index in [-0.39, 0.29) is 6.03 Å². The standard InChI is InChI=1S/C14H20N4O/c1-2-5-16-14(19)18-9-7-17(8-10-18)12-13-4-3-6-15-11-13/h2-4,6,11H,1,5,7-10,12H2,(H,16,19). The molecule has 1 N–H and O–H groups in total. The van der Waals surface area contributed by atoms with Gasteiger partial charge in [0.2, 0.25) is 0 Å². The van der Waals surface area contributed by atoms with Gasteiger partial charge in [0.05, 0.1) is 0 Å².